The number of rotatable bonds is 4. The Labute approximate surface area is 97.8 Å². The Morgan fingerprint density at radius 3 is 2.73 bits per heavy atom. The van der Waals surface area contributed by atoms with Gasteiger partial charge in [0.15, 0.2) is 0 Å². The molecule has 2 nitrogen and oxygen atoms in total. The zero-order valence-corrected chi connectivity index (χ0v) is 10.6. The molecule has 15 heavy (non-hydrogen) atoms. The van der Waals surface area contributed by atoms with Gasteiger partial charge in [-0.1, -0.05) is 13.8 Å². The third-order valence-corrected chi connectivity index (χ3v) is 4.59. The van der Waals surface area contributed by atoms with Crippen molar-refractivity contribution in [2.45, 2.75) is 32.2 Å². The lowest BCUT2D eigenvalue weighted by Gasteiger charge is -2.44. The quantitative estimate of drug-likeness (QED) is 0.563. The molecule has 0 spiro atoms. The molecule has 0 saturated carbocycles. The van der Waals surface area contributed by atoms with Crippen LogP contribution in [0.25, 0.3) is 0 Å². The maximum atomic E-state index is 5.91. The van der Waals surface area contributed by atoms with Gasteiger partial charge in [0.1, 0.15) is 0 Å². The van der Waals surface area contributed by atoms with Gasteiger partial charge in [-0.25, -0.2) is 0 Å². The number of hydrogen-bond donors (Lipinski definition) is 2. The fraction of sp³-hybridized carbons (Fsp3) is 0.833. The molecule has 1 saturated heterocycles. The number of hydrogen-bond acceptors (Lipinski definition) is 3. The summed E-state index contributed by atoms with van der Waals surface area (Å²) in [5.41, 5.74) is 6.39. The Morgan fingerprint density at radius 2 is 2.20 bits per heavy atom. The van der Waals surface area contributed by atoms with Crippen LogP contribution in [0, 0.1) is 17.8 Å². The molecule has 1 aliphatic heterocycles. The molecule has 3 heteroatoms. The monoisotopic (exact) mass is 226 g/mol. The smallest absolute Gasteiger partial charge is 0.0401 e. The predicted octanol–water partition coefficient (Wildman–Crippen LogP) is 1.46. The summed E-state index contributed by atoms with van der Waals surface area (Å²) >= 11 is 2.00. The minimum Gasteiger partial charge on any atom is -0.329 e. The third kappa shape index (κ3) is 3.71. The van der Waals surface area contributed by atoms with Crippen LogP contribution in [-0.2, 0) is 0 Å². The van der Waals surface area contributed by atoms with Gasteiger partial charge in [-0.05, 0) is 17.6 Å². The normalized spacial score (nSPS) is 29.7. The first-order valence-electron chi connectivity index (χ1n) is 5.50. The van der Waals surface area contributed by atoms with Crippen LogP contribution in [0.3, 0.4) is 0 Å². The second-order valence-corrected chi connectivity index (χ2v) is 6.18. The average Bonchev–Trinajstić information content (AvgIpc) is 2.17. The first kappa shape index (κ1) is 12.9. The largest absolute Gasteiger partial charge is 0.329 e. The number of terminal acetylenes is 1. The molecule has 1 aliphatic rings. The zero-order chi connectivity index (χ0) is 11.4. The second kappa shape index (κ2) is 5.25. The lowest BCUT2D eigenvalue weighted by atomic mass is 9.79. The SMILES string of the molecule is C#CCCNC1(CN)CSCC(C)(C)C1. The van der Waals surface area contributed by atoms with E-state index in [0.717, 1.165) is 25.1 Å². The van der Waals surface area contributed by atoms with E-state index in [1.807, 2.05) is 11.8 Å². The summed E-state index contributed by atoms with van der Waals surface area (Å²) < 4.78 is 0. The van der Waals surface area contributed by atoms with Crippen molar-refractivity contribution in [3.63, 3.8) is 0 Å². The second-order valence-electron chi connectivity index (χ2n) is 5.20. The highest BCUT2D eigenvalue weighted by Crippen LogP contribution is 2.38. The van der Waals surface area contributed by atoms with Crippen LogP contribution in [-0.4, -0.2) is 30.1 Å². The molecule has 0 amide bonds. The summed E-state index contributed by atoms with van der Waals surface area (Å²) in [4.78, 5) is 0. The highest BCUT2D eigenvalue weighted by atomic mass is 32.2. The van der Waals surface area contributed by atoms with Gasteiger partial charge in [-0.3, -0.25) is 0 Å². The molecule has 0 radical (unpaired) electrons. The van der Waals surface area contributed by atoms with E-state index in [9.17, 15) is 0 Å². The Kier molecular flexibility index (Phi) is 4.51. The molecule has 86 valence electrons. The van der Waals surface area contributed by atoms with Crippen LogP contribution in [0.5, 0.6) is 0 Å². The van der Waals surface area contributed by atoms with Gasteiger partial charge in [-0.15, -0.1) is 12.3 Å². The molecule has 1 atom stereocenters. The number of thioether (sulfide) groups is 1. The summed E-state index contributed by atoms with van der Waals surface area (Å²) in [5, 5.41) is 3.55. The van der Waals surface area contributed by atoms with E-state index in [4.69, 9.17) is 12.2 Å². The van der Waals surface area contributed by atoms with E-state index in [-0.39, 0.29) is 5.54 Å². The van der Waals surface area contributed by atoms with Crippen LogP contribution < -0.4 is 11.1 Å². The van der Waals surface area contributed by atoms with Crippen molar-refractivity contribution < 1.29 is 0 Å². The van der Waals surface area contributed by atoms with Crippen LogP contribution in [0.1, 0.15) is 26.7 Å². The molecule has 3 N–H and O–H groups in total. The van der Waals surface area contributed by atoms with Crippen molar-refractivity contribution >= 4 is 11.8 Å². The fourth-order valence-electron chi connectivity index (χ4n) is 2.26. The van der Waals surface area contributed by atoms with E-state index in [0.29, 0.717) is 12.0 Å². The number of nitrogens with one attached hydrogen (secondary N) is 1. The Balaban J connectivity index is 2.55. The molecule has 0 aliphatic carbocycles. The summed E-state index contributed by atoms with van der Waals surface area (Å²) in [7, 11) is 0. The van der Waals surface area contributed by atoms with Crippen LogP contribution in [0.2, 0.25) is 0 Å². The summed E-state index contributed by atoms with van der Waals surface area (Å²) in [6, 6.07) is 0. The highest BCUT2D eigenvalue weighted by Gasteiger charge is 2.38. The van der Waals surface area contributed by atoms with Crippen molar-refractivity contribution in [1.29, 1.82) is 0 Å². The molecule has 1 heterocycles. The Hall–Kier alpha value is -0.170. The van der Waals surface area contributed by atoms with Gasteiger partial charge in [-0.2, -0.15) is 11.8 Å². The predicted molar refractivity (Wildman–Crippen MR) is 69.0 cm³/mol. The Bertz CT molecular complexity index is 244. The first-order valence-corrected chi connectivity index (χ1v) is 6.65. The topological polar surface area (TPSA) is 38.0 Å². The summed E-state index contributed by atoms with van der Waals surface area (Å²) in [5.74, 6) is 5.00. The van der Waals surface area contributed by atoms with Gasteiger partial charge in [0.2, 0.25) is 0 Å². The average molecular weight is 226 g/mol. The standard InChI is InChI=1S/C12H22N2S/c1-4-5-6-14-12(8-13)7-11(2,3)9-15-10-12/h1,14H,5-10,13H2,2-3H3. The van der Waals surface area contributed by atoms with E-state index in [2.05, 4.69) is 25.1 Å². The summed E-state index contributed by atoms with van der Waals surface area (Å²) in [6.07, 6.45) is 7.19. The van der Waals surface area contributed by atoms with Crippen LogP contribution in [0.15, 0.2) is 0 Å². The lowest BCUT2D eigenvalue weighted by Crippen LogP contribution is -2.58. The summed E-state index contributed by atoms with van der Waals surface area (Å²) in [6.45, 7) is 6.21. The van der Waals surface area contributed by atoms with Crippen molar-refractivity contribution in [2.24, 2.45) is 11.1 Å². The molecule has 0 aromatic rings. The van der Waals surface area contributed by atoms with E-state index in [1.54, 1.807) is 0 Å². The van der Waals surface area contributed by atoms with E-state index in [1.165, 1.54) is 5.75 Å². The number of nitrogens with two attached hydrogens (primary N) is 1. The van der Waals surface area contributed by atoms with Crippen molar-refractivity contribution in [3.8, 4) is 12.3 Å². The van der Waals surface area contributed by atoms with Gasteiger partial charge < -0.3 is 11.1 Å². The van der Waals surface area contributed by atoms with Gasteiger partial charge in [0, 0.05) is 30.8 Å². The molecule has 0 bridgehead atoms. The molecule has 1 fully saturated rings. The highest BCUT2D eigenvalue weighted by molar-refractivity contribution is 7.99. The molecule has 1 rings (SSSR count). The fourth-order valence-corrected chi connectivity index (χ4v) is 3.73. The molecular weight excluding hydrogens is 204 g/mol. The van der Waals surface area contributed by atoms with E-state index < -0.39 is 0 Å². The van der Waals surface area contributed by atoms with Gasteiger partial charge in [0.05, 0.1) is 0 Å². The van der Waals surface area contributed by atoms with Gasteiger partial charge >= 0.3 is 0 Å². The maximum absolute atomic E-state index is 5.91. The molecule has 0 aromatic heterocycles. The van der Waals surface area contributed by atoms with Crippen molar-refractivity contribution in [1.82, 2.24) is 5.32 Å². The molecular formula is C12H22N2S. The van der Waals surface area contributed by atoms with Gasteiger partial charge in [0.25, 0.3) is 0 Å². The Morgan fingerprint density at radius 1 is 1.47 bits per heavy atom. The van der Waals surface area contributed by atoms with Crippen LogP contribution in [0.4, 0.5) is 0 Å². The molecule has 0 aromatic carbocycles. The minimum absolute atomic E-state index is 0.100. The van der Waals surface area contributed by atoms with E-state index >= 15 is 0 Å². The zero-order valence-electron chi connectivity index (χ0n) is 9.81. The van der Waals surface area contributed by atoms with Crippen LogP contribution >= 0.6 is 11.8 Å². The van der Waals surface area contributed by atoms with Crippen molar-refractivity contribution in [2.75, 3.05) is 24.6 Å². The molecule has 1 unspecified atom stereocenters. The third-order valence-electron chi connectivity index (χ3n) is 2.85. The maximum Gasteiger partial charge on any atom is 0.0401 e. The van der Waals surface area contributed by atoms with Crippen molar-refractivity contribution in [3.05, 3.63) is 0 Å². The minimum atomic E-state index is 0.100. The first-order chi connectivity index (χ1) is 7.04. The lowest BCUT2D eigenvalue weighted by molar-refractivity contribution is 0.230.